The number of hydrogen-bond acceptors (Lipinski definition) is 3. The molecule has 0 saturated carbocycles. The van der Waals surface area contributed by atoms with Gasteiger partial charge in [0.2, 0.25) is 5.91 Å². The topological polar surface area (TPSA) is 59.0 Å². The van der Waals surface area contributed by atoms with E-state index in [9.17, 15) is 4.79 Å². The summed E-state index contributed by atoms with van der Waals surface area (Å²) >= 11 is 0. The van der Waals surface area contributed by atoms with E-state index in [1.165, 1.54) is 0 Å². The predicted molar refractivity (Wildman–Crippen MR) is 76.7 cm³/mol. The van der Waals surface area contributed by atoms with Crippen molar-refractivity contribution in [3.8, 4) is 0 Å². The van der Waals surface area contributed by atoms with Gasteiger partial charge in [-0.15, -0.1) is 0 Å². The van der Waals surface area contributed by atoms with Gasteiger partial charge in [-0.25, -0.2) is 4.98 Å². The fourth-order valence-electron chi connectivity index (χ4n) is 1.57. The van der Waals surface area contributed by atoms with E-state index in [-0.39, 0.29) is 17.5 Å². The van der Waals surface area contributed by atoms with Crippen LogP contribution in [0.25, 0.3) is 0 Å². The van der Waals surface area contributed by atoms with Crippen LogP contribution in [0.3, 0.4) is 0 Å². The van der Waals surface area contributed by atoms with Gasteiger partial charge in [0.15, 0.2) is 0 Å². The van der Waals surface area contributed by atoms with Crippen LogP contribution in [0.2, 0.25) is 0 Å². The van der Waals surface area contributed by atoms with Crippen molar-refractivity contribution in [3.05, 3.63) is 18.2 Å². The molecule has 0 saturated heterocycles. The van der Waals surface area contributed by atoms with Crippen LogP contribution in [0.15, 0.2) is 12.4 Å². The lowest BCUT2D eigenvalue weighted by Gasteiger charge is -2.20. The molecule has 1 atom stereocenters. The van der Waals surface area contributed by atoms with Crippen molar-refractivity contribution in [3.63, 3.8) is 0 Å². The maximum Gasteiger partial charge on any atom is 0.240 e. The third-order valence-corrected chi connectivity index (χ3v) is 2.91. The van der Waals surface area contributed by atoms with Gasteiger partial charge in [0.1, 0.15) is 12.4 Å². The molecule has 1 amide bonds. The number of nitrogens with zero attached hydrogens (tertiary/aromatic N) is 2. The highest BCUT2D eigenvalue weighted by Gasteiger charge is 2.13. The minimum absolute atomic E-state index is 0.0318. The van der Waals surface area contributed by atoms with E-state index in [1.54, 1.807) is 6.20 Å². The van der Waals surface area contributed by atoms with E-state index in [0.29, 0.717) is 13.1 Å². The Labute approximate surface area is 115 Å². The first kappa shape index (κ1) is 15.7. The Morgan fingerprint density at radius 3 is 2.74 bits per heavy atom. The molecule has 0 aromatic carbocycles. The first-order valence-corrected chi connectivity index (χ1v) is 6.86. The maximum atomic E-state index is 11.9. The summed E-state index contributed by atoms with van der Waals surface area (Å²) in [6.45, 7) is 11.4. The van der Waals surface area contributed by atoms with Gasteiger partial charge in [0, 0.05) is 24.0 Å². The average molecular weight is 266 g/mol. The molecule has 0 aliphatic heterocycles. The zero-order chi connectivity index (χ0) is 14.5. The molecule has 5 nitrogen and oxygen atoms in total. The summed E-state index contributed by atoms with van der Waals surface area (Å²) in [6.07, 6.45) is 4.51. The molecule has 0 spiro atoms. The first-order chi connectivity index (χ1) is 8.81. The van der Waals surface area contributed by atoms with Crippen LogP contribution < -0.4 is 10.6 Å². The van der Waals surface area contributed by atoms with Crippen molar-refractivity contribution in [1.82, 2.24) is 20.2 Å². The summed E-state index contributed by atoms with van der Waals surface area (Å²) in [5, 5.41) is 6.33. The molecule has 0 fully saturated rings. The van der Waals surface area contributed by atoms with E-state index in [1.807, 2.05) is 17.7 Å². The molecule has 1 heterocycles. The van der Waals surface area contributed by atoms with Crippen LogP contribution in [0.5, 0.6) is 0 Å². The van der Waals surface area contributed by atoms with Crippen LogP contribution in [-0.2, 0) is 17.9 Å². The molecule has 0 aliphatic carbocycles. The van der Waals surface area contributed by atoms with Crippen molar-refractivity contribution in [2.24, 2.45) is 0 Å². The van der Waals surface area contributed by atoms with Crippen molar-refractivity contribution in [2.45, 2.75) is 65.7 Å². The van der Waals surface area contributed by atoms with Crippen LogP contribution in [0, 0.1) is 0 Å². The molecule has 1 aromatic heterocycles. The predicted octanol–water partition coefficient (Wildman–Crippen LogP) is 1.69. The molecule has 5 heteroatoms. The Morgan fingerprint density at radius 1 is 1.47 bits per heavy atom. The minimum Gasteiger partial charge on any atom is -0.352 e. The van der Waals surface area contributed by atoms with Gasteiger partial charge < -0.3 is 15.2 Å². The van der Waals surface area contributed by atoms with Gasteiger partial charge in [-0.1, -0.05) is 6.92 Å². The molecule has 0 radical (unpaired) electrons. The maximum absolute atomic E-state index is 11.9. The van der Waals surface area contributed by atoms with Crippen molar-refractivity contribution in [2.75, 3.05) is 0 Å². The molecule has 19 heavy (non-hydrogen) atoms. The Hall–Kier alpha value is -1.36. The molecule has 1 rings (SSSR count). The number of hydrogen-bond donors (Lipinski definition) is 2. The minimum atomic E-state index is 0.0318. The highest BCUT2D eigenvalue weighted by Crippen LogP contribution is 2.03. The molecule has 2 N–H and O–H groups in total. The quantitative estimate of drug-likeness (QED) is 0.823. The Morgan fingerprint density at radius 2 is 2.16 bits per heavy atom. The second-order valence-electron chi connectivity index (χ2n) is 5.95. The molecular formula is C14H26N4O. The number of rotatable bonds is 6. The smallest absolute Gasteiger partial charge is 0.240 e. The zero-order valence-electron chi connectivity index (χ0n) is 12.7. The third-order valence-electron chi connectivity index (χ3n) is 2.91. The van der Waals surface area contributed by atoms with E-state index in [2.05, 4.69) is 43.3 Å². The second-order valence-corrected chi connectivity index (χ2v) is 5.95. The number of aromatic nitrogens is 2. The summed E-state index contributed by atoms with van der Waals surface area (Å²) in [6, 6.07) is 0.215. The fourth-order valence-corrected chi connectivity index (χ4v) is 1.57. The Bertz CT molecular complexity index is 406. The number of carbonyl (C=O) groups excluding carboxylic acids is 1. The van der Waals surface area contributed by atoms with Crippen LogP contribution in [-0.4, -0.2) is 27.0 Å². The zero-order valence-corrected chi connectivity index (χ0v) is 12.7. The van der Waals surface area contributed by atoms with E-state index in [0.717, 1.165) is 12.2 Å². The summed E-state index contributed by atoms with van der Waals surface area (Å²) in [5.41, 5.74) is 0.0375. The van der Waals surface area contributed by atoms with Crippen molar-refractivity contribution >= 4 is 5.91 Å². The molecule has 0 aliphatic rings. The molecule has 1 unspecified atom stereocenters. The molecule has 0 bridgehead atoms. The van der Waals surface area contributed by atoms with Gasteiger partial charge in [0.25, 0.3) is 0 Å². The highest BCUT2D eigenvalue weighted by atomic mass is 16.2. The van der Waals surface area contributed by atoms with E-state index >= 15 is 0 Å². The highest BCUT2D eigenvalue weighted by molar-refractivity contribution is 5.76. The number of amides is 1. The molecule has 1 aromatic rings. The Kier molecular flexibility index (Phi) is 5.54. The van der Waals surface area contributed by atoms with Crippen molar-refractivity contribution in [1.29, 1.82) is 0 Å². The van der Waals surface area contributed by atoms with E-state index < -0.39 is 0 Å². The summed E-state index contributed by atoms with van der Waals surface area (Å²) in [4.78, 5) is 16.1. The van der Waals surface area contributed by atoms with Gasteiger partial charge in [-0.3, -0.25) is 4.79 Å². The number of imidazole rings is 1. The van der Waals surface area contributed by atoms with Gasteiger partial charge >= 0.3 is 0 Å². The van der Waals surface area contributed by atoms with Crippen molar-refractivity contribution < 1.29 is 4.79 Å². The number of nitrogens with one attached hydrogen (secondary N) is 2. The molecule has 108 valence electrons. The van der Waals surface area contributed by atoms with Gasteiger partial charge in [0.05, 0.1) is 6.54 Å². The van der Waals surface area contributed by atoms with Crippen LogP contribution in [0.4, 0.5) is 0 Å². The van der Waals surface area contributed by atoms with Crippen LogP contribution in [0.1, 0.15) is 46.9 Å². The normalized spacial score (nSPS) is 13.3. The first-order valence-electron chi connectivity index (χ1n) is 6.86. The summed E-state index contributed by atoms with van der Waals surface area (Å²) in [5.74, 6) is 0.915. The lowest BCUT2D eigenvalue weighted by atomic mass is 10.1. The monoisotopic (exact) mass is 266 g/mol. The Balaban J connectivity index is 2.55. The van der Waals surface area contributed by atoms with Gasteiger partial charge in [-0.05, 0) is 34.1 Å². The lowest BCUT2D eigenvalue weighted by molar-refractivity contribution is -0.122. The summed E-state index contributed by atoms with van der Waals surface area (Å²) in [7, 11) is 0. The lowest BCUT2D eigenvalue weighted by Crippen LogP contribution is -2.37. The van der Waals surface area contributed by atoms with Crippen LogP contribution >= 0.6 is 0 Å². The van der Waals surface area contributed by atoms with E-state index in [4.69, 9.17) is 0 Å². The average Bonchev–Trinajstić information content (AvgIpc) is 2.72. The van der Waals surface area contributed by atoms with Gasteiger partial charge in [-0.2, -0.15) is 0 Å². The third kappa shape index (κ3) is 5.87. The SMILES string of the molecule is CCC(C)NC(=O)Cn1ccnc1CNC(C)(C)C. The largest absolute Gasteiger partial charge is 0.352 e. The fraction of sp³-hybridized carbons (Fsp3) is 0.714. The second kappa shape index (κ2) is 6.70. The number of carbonyl (C=O) groups is 1. The summed E-state index contributed by atoms with van der Waals surface area (Å²) < 4.78 is 1.89. The molecular weight excluding hydrogens is 240 g/mol. The standard InChI is InChI=1S/C14H26N4O/c1-6-11(2)17-13(19)10-18-8-7-15-12(18)9-16-14(3,4)5/h7-8,11,16H,6,9-10H2,1-5H3,(H,17,19).